The Kier molecular flexibility index (Phi) is 8.92. The van der Waals surface area contributed by atoms with Crippen LogP contribution in [0.25, 0.3) is 0 Å². The topological polar surface area (TPSA) is 29.1 Å². The van der Waals surface area contributed by atoms with Gasteiger partial charge in [-0.2, -0.15) is 0 Å². The largest absolute Gasteiger partial charge is 0.355 e. The van der Waals surface area contributed by atoms with Crippen LogP contribution in [-0.4, -0.2) is 16.9 Å². The summed E-state index contributed by atoms with van der Waals surface area (Å²) >= 11 is 2.27. The molecule has 0 aliphatic heterocycles. The Labute approximate surface area is 95.0 Å². The molecule has 0 aliphatic rings. The molecule has 0 heterocycles. The van der Waals surface area contributed by atoms with Crippen molar-refractivity contribution >= 4 is 28.5 Å². The SMILES string of the molecule is CCCC(CCC)C(=O)NCCI. The highest BCUT2D eigenvalue weighted by molar-refractivity contribution is 14.1. The average Bonchev–Trinajstić information content (AvgIpc) is 2.14. The van der Waals surface area contributed by atoms with E-state index in [4.69, 9.17) is 0 Å². The number of hydrogen-bond donors (Lipinski definition) is 1. The Morgan fingerprint density at radius 3 is 2.23 bits per heavy atom. The molecule has 0 aromatic carbocycles. The Morgan fingerprint density at radius 2 is 1.85 bits per heavy atom. The average molecular weight is 297 g/mol. The van der Waals surface area contributed by atoms with Gasteiger partial charge in [-0.15, -0.1) is 0 Å². The first kappa shape index (κ1) is 13.2. The standard InChI is InChI=1S/C10H20INO/c1-3-5-9(6-4-2)10(13)12-8-7-11/h9H,3-8H2,1-2H3,(H,12,13). The maximum Gasteiger partial charge on any atom is 0.223 e. The highest BCUT2D eigenvalue weighted by Crippen LogP contribution is 2.13. The first-order chi connectivity index (χ1) is 6.26. The molecule has 1 N–H and O–H groups in total. The van der Waals surface area contributed by atoms with Gasteiger partial charge in [0.1, 0.15) is 0 Å². The zero-order valence-electron chi connectivity index (χ0n) is 8.61. The molecule has 13 heavy (non-hydrogen) atoms. The number of amides is 1. The minimum absolute atomic E-state index is 0.248. The molecule has 0 unspecified atom stereocenters. The molecule has 0 bridgehead atoms. The van der Waals surface area contributed by atoms with Crippen LogP contribution in [0.2, 0.25) is 0 Å². The van der Waals surface area contributed by atoms with E-state index >= 15 is 0 Å². The minimum atomic E-state index is 0.248. The summed E-state index contributed by atoms with van der Waals surface area (Å²) in [6.07, 6.45) is 4.26. The maximum atomic E-state index is 11.6. The molecule has 78 valence electrons. The van der Waals surface area contributed by atoms with Crippen molar-refractivity contribution in [2.45, 2.75) is 39.5 Å². The van der Waals surface area contributed by atoms with E-state index in [1.165, 1.54) is 0 Å². The predicted molar refractivity (Wildman–Crippen MR) is 65.2 cm³/mol. The molecule has 0 aliphatic carbocycles. The first-order valence-electron chi connectivity index (χ1n) is 5.09. The first-order valence-corrected chi connectivity index (χ1v) is 6.62. The summed E-state index contributed by atoms with van der Waals surface area (Å²) < 4.78 is 0.995. The van der Waals surface area contributed by atoms with Crippen molar-refractivity contribution < 1.29 is 4.79 Å². The van der Waals surface area contributed by atoms with E-state index in [1.54, 1.807) is 0 Å². The fourth-order valence-corrected chi connectivity index (χ4v) is 1.69. The van der Waals surface area contributed by atoms with E-state index in [9.17, 15) is 4.79 Å². The number of alkyl halides is 1. The molecule has 0 aromatic heterocycles. The summed E-state index contributed by atoms with van der Waals surface area (Å²) in [5.41, 5.74) is 0. The van der Waals surface area contributed by atoms with Crippen LogP contribution in [0, 0.1) is 5.92 Å². The van der Waals surface area contributed by atoms with Crippen LogP contribution >= 0.6 is 22.6 Å². The van der Waals surface area contributed by atoms with Crippen LogP contribution < -0.4 is 5.32 Å². The molecule has 0 saturated carbocycles. The molecule has 0 saturated heterocycles. The van der Waals surface area contributed by atoms with Gasteiger partial charge in [-0.1, -0.05) is 49.3 Å². The second-order valence-corrected chi connectivity index (χ2v) is 4.33. The fourth-order valence-electron chi connectivity index (χ4n) is 1.42. The second-order valence-electron chi connectivity index (χ2n) is 3.25. The molecular weight excluding hydrogens is 277 g/mol. The maximum absolute atomic E-state index is 11.6. The molecule has 0 atom stereocenters. The summed E-state index contributed by atoms with van der Waals surface area (Å²) in [6, 6.07) is 0. The summed E-state index contributed by atoms with van der Waals surface area (Å²) in [5.74, 6) is 0.498. The van der Waals surface area contributed by atoms with Crippen molar-refractivity contribution in [3.8, 4) is 0 Å². The van der Waals surface area contributed by atoms with E-state index in [-0.39, 0.29) is 11.8 Å². The number of nitrogens with one attached hydrogen (secondary N) is 1. The lowest BCUT2D eigenvalue weighted by Crippen LogP contribution is -2.31. The fraction of sp³-hybridized carbons (Fsp3) is 0.900. The summed E-state index contributed by atoms with van der Waals surface area (Å²) in [5, 5.41) is 2.96. The third-order valence-electron chi connectivity index (χ3n) is 2.04. The molecule has 1 amide bonds. The van der Waals surface area contributed by atoms with Crippen LogP contribution in [0.1, 0.15) is 39.5 Å². The monoisotopic (exact) mass is 297 g/mol. The van der Waals surface area contributed by atoms with Gasteiger partial charge in [-0.3, -0.25) is 4.79 Å². The van der Waals surface area contributed by atoms with Crippen molar-refractivity contribution in [1.29, 1.82) is 0 Å². The van der Waals surface area contributed by atoms with E-state index in [0.29, 0.717) is 0 Å². The van der Waals surface area contributed by atoms with E-state index in [1.807, 2.05) is 0 Å². The van der Waals surface area contributed by atoms with Crippen LogP contribution in [0.5, 0.6) is 0 Å². The van der Waals surface area contributed by atoms with Gasteiger partial charge in [0.25, 0.3) is 0 Å². The Bertz CT molecular complexity index is 133. The third-order valence-corrected chi connectivity index (χ3v) is 2.58. The van der Waals surface area contributed by atoms with Crippen molar-refractivity contribution in [2.75, 3.05) is 11.0 Å². The van der Waals surface area contributed by atoms with Crippen LogP contribution in [0.4, 0.5) is 0 Å². The van der Waals surface area contributed by atoms with E-state index in [0.717, 1.165) is 36.7 Å². The number of carbonyl (C=O) groups is 1. The molecular formula is C10H20INO. The summed E-state index contributed by atoms with van der Waals surface area (Å²) in [4.78, 5) is 11.6. The van der Waals surface area contributed by atoms with Crippen LogP contribution in [-0.2, 0) is 4.79 Å². The number of hydrogen-bond acceptors (Lipinski definition) is 1. The van der Waals surface area contributed by atoms with Gasteiger partial charge in [-0.05, 0) is 12.8 Å². The smallest absolute Gasteiger partial charge is 0.223 e. The predicted octanol–water partition coefficient (Wildman–Crippen LogP) is 2.75. The van der Waals surface area contributed by atoms with Crippen molar-refractivity contribution in [1.82, 2.24) is 5.32 Å². The Balaban J connectivity index is 3.80. The highest BCUT2D eigenvalue weighted by atomic mass is 127. The van der Waals surface area contributed by atoms with Gasteiger partial charge in [0.15, 0.2) is 0 Å². The lowest BCUT2D eigenvalue weighted by Gasteiger charge is -2.14. The molecule has 2 nitrogen and oxygen atoms in total. The molecule has 0 rings (SSSR count). The molecule has 0 aromatic rings. The molecule has 3 heteroatoms. The second kappa shape index (κ2) is 8.78. The Hall–Kier alpha value is 0.200. The molecule has 0 spiro atoms. The summed E-state index contributed by atoms with van der Waals surface area (Å²) in [7, 11) is 0. The van der Waals surface area contributed by atoms with E-state index in [2.05, 4.69) is 41.8 Å². The number of carbonyl (C=O) groups excluding carboxylic acids is 1. The van der Waals surface area contributed by atoms with Crippen LogP contribution in [0.3, 0.4) is 0 Å². The van der Waals surface area contributed by atoms with Gasteiger partial charge in [0.2, 0.25) is 5.91 Å². The van der Waals surface area contributed by atoms with Gasteiger partial charge in [0.05, 0.1) is 0 Å². The van der Waals surface area contributed by atoms with Gasteiger partial charge in [0, 0.05) is 16.9 Å². The van der Waals surface area contributed by atoms with Gasteiger partial charge >= 0.3 is 0 Å². The zero-order valence-corrected chi connectivity index (χ0v) is 10.8. The van der Waals surface area contributed by atoms with Crippen molar-refractivity contribution in [2.24, 2.45) is 5.92 Å². The summed E-state index contributed by atoms with van der Waals surface area (Å²) in [6.45, 7) is 5.08. The van der Waals surface area contributed by atoms with Gasteiger partial charge in [-0.25, -0.2) is 0 Å². The highest BCUT2D eigenvalue weighted by Gasteiger charge is 2.15. The van der Waals surface area contributed by atoms with E-state index < -0.39 is 0 Å². The lowest BCUT2D eigenvalue weighted by molar-refractivity contribution is -0.125. The van der Waals surface area contributed by atoms with Crippen LogP contribution in [0.15, 0.2) is 0 Å². The third kappa shape index (κ3) is 6.29. The molecule has 0 fully saturated rings. The number of rotatable bonds is 7. The zero-order chi connectivity index (χ0) is 10.1. The van der Waals surface area contributed by atoms with Gasteiger partial charge < -0.3 is 5.32 Å². The lowest BCUT2D eigenvalue weighted by atomic mass is 9.97. The normalized spacial score (nSPS) is 10.5. The van der Waals surface area contributed by atoms with Crippen molar-refractivity contribution in [3.05, 3.63) is 0 Å². The molecule has 0 radical (unpaired) electrons. The number of halogens is 1. The quantitative estimate of drug-likeness (QED) is 0.568. The Morgan fingerprint density at radius 1 is 1.31 bits per heavy atom. The minimum Gasteiger partial charge on any atom is -0.355 e. The van der Waals surface area contributed by atoms with Crippen molar-refractivity contribution in [3.63, 3.8) is 0 Å².